The van der Waals surface area contributed by atoms with Gasteiger partial charge in [0.2, 0.25) is 5.91 Å². The molecule has 1 aliphatic carbocycles. The number of carbonyl (C=O) groups excluding carboxylic acids is 1. The van der Waals surface area contributed by atoms with Gasteiger partial charge in [0.1, 0.15) is 11.6 Å². The summed E-state index contributed by atoms with van der Waals surface area (Å²) in [6.45, 7) is 8.35. The van der Waals surface area contributed by atoms with E-state index >= 15 is 0 Å². The number of aryl methyl sites for hydroxylation is 2. The van der Waals surface area contributed by atoms with Crippen LogP contribution in [0.2, 0.25) is 0 Å². The molecule has 6 heteroatoms. The van der Waals surface area contributed by atoms with Crippen molar-refractivity contribution in [1.82, 2.24) is 15.0 Å². The second kappa shape index (κ2) is 7.52. The Morgan fingerprint density at radius 3 is 2.47 bits per heavy atom. The van der Waals surface area contributed by atoms with Crippen molar-refractivity contribution in [3.05, 3.63) is 78.0 Å². The van der Waals surface area contributed by atoms with Crippen molar-refractivity contribution in [1.29, 1.82) is 0 Å². The number of benzene rings is 1. The molecule has 154 valence electrons. The number of anilines is 1. The lowest BCUT2D eigenvalue weighted by Gasteiger charge is -2.22. The number of hydrogen-bond donors (Lipinski definition) is 1. The molecule has 4 rings (SSSR count). The maximum atomic E-state index is 13.3. The van der Waals surface area contributed by atoms with Crippen molar-refractivity contribution in [3.63, 3.8) is 0 Å². The number of ether oxygens (including phenoxy) is 1. The van der Waals surface area contributed by atoms with Crippen LogP contribution in [0.25, 0.3) is 0 Å². The molecule has 0 bridgehead atoms. The SMILES string of the molecule is Cc1ncc(OCC2(c3ccccc3)C(C(=O)Nc3ccccn3)C2(C)C)c(C)n1. The van der Waals surface area contributed by atoms with Gasteiger partial charge in [0.05, 0.1) is 24.4 Å². The van der Waals surface area contributed by atoms with Gasteiger partial charge < -0.3 is 10.1 Å². The van der Waals surface area contributed by atoms with Crippen LogP contribution in [0.1, 0.15) is 30.9 Å². The van der Waals surface area contributed by atoms with E-state index in [1.807, 2.05) is 44.2 Å². The summed E-state index contributed by atoms with van der Waals surface area (Å²) in [6.07, 6.45) is 3.37. The summed E-state index contributed by atoms with van der Waals surface area (Å²) >= 11 is 0. The van der Waals surface area contributed by atoms with Gasteiger partial charge in [0, 0.05) is 11.6 Å². The molecule has 1 amide bonds. The molecule has 0 aliphatic heterocycles. The third kappa shape index (κ3) is 3.32. The number of nitrogens with zero attached hydrogens (tertiary/aromatic N) is 3. The van der Waals surface area contributed by atoms with Crippen LogP contribution >= 0.6 is 0 Å². The molecule has 1 fully saturated rings. The van der Waals surface area contributed by atoms with E-state index in [1.165, 1.54) is 0 Å². The first-order chi connectivity index (χ1) is 14.4. The molecule has 0 radical (unpaired) electrons. The minimum absolute atomic E-state index is 0.0527. The Balaban J connectivity index is 1.65. The molecule has 2 atom stereocenters. The highest BCUT2D eigenvalue weighted by Crippen LogP contribution is 2.69. The van der Waals surface area contributed by atoms with Crippen LogP contribution in [0, 0.1) is 25.2 Å². The van der Waals surface area contributed by atoms with Crippen molar-refractivity contribution in [2.45, 2.75) is 33.1 Å². The molecule has 1 aromatic carbocycles. The van der Waals surface area contributed by atoms with Crippen molar-refractivity contribution in [3.8, 4) is 5.75 Å². The topological polar surface area (TPSA) is 77.0 Å². The van der Waals surface area contributed by atoms with E-state index in [-0.39, 0.29) is 17.2 Å². The molecule has 2 aromatic heterocycles. The number of pyridine rings is 1. The first-order valence-electron chi connectivity index (χ1n) is 10.1. The maximum Gasteiger partial charge on any atom is 0.230 e. The quantitative estimate of drug-likeness (QED) is 0.672. The monoisotopic (exact) mass is 402 g/mol. The fraction of sp³-hybridized carbons (Fsp3) is 0.333. The minimum atomic E-state index is -0.468. The van der Waals surface area contributed by atoms with Crippen molar-refractivity contribution >= 4 is 11.7 Å². The highest BCUT2D eigenvalue weighted by Gasteiger charge is 2.75. The fourth-order valence-electron chi connectivity index (χ4n) is 4.57. The fourth-order valence-corrected chi connectivity index (χ4v) is 4.57. The van der Waals surface area contributed by atoms with E-state index in [9.17, 15) is 4.79 Å². The maximum absolute atomic E-state index is 13.3. The van der Waals surface area contributed by atoms with Gasteiger partial charge in [-0.05, 0) is 37.0 Å². The average molecular weight is 402 g/mol. The molecule has 30 heavy (non-hydrogen) atoms. The van der Waals surface area contributed by atoms with Crippen molar-refractivity contribution in [2.24, 2.45) is 11.3 Å². The van der Waals surface area contributed by atoms with Crippen LogP contribution in [-0.4, -0.2) is 27.5 Å². The number of rotatable bonds is 6. The first-order valence-corrected chi connectivity index (χ1v) is 10.1. The molecule has 0 spiro atoms. The van der Waals surface area contributed by atoms with Crippen molar-refractivity contribution in [2.75, 3.05) is 11.9 Å². The van der Waals surface area contributed by atoms with E-state index in [0.29, 0.717) is 24.0 Å². The molecule has 6 nitrogen and oxygen atoms in total. The summed E-state index contributed by atoms with van der Waals surface area (Å²) in [6, 6.07) is 15.6. The summed E-state index contributed by atoms with van der Waals surface area (Å²) < 4.78 is 6.22. The van der Waals surface area contributed by atoms with Gasteiger partial charge in [-0.2, -0.15) is 0 Å². The van der Waals surface area contributed by atoms with Gasteiger partial charge in [0.25, 0.3) is 0 Å². The summed E-state index contributed by atoms with van der Waals surface area (Å²) in [7, 11) is 0. The molecule has 3 aromatic rings. The molecule has 2 heterocycles. The predicted octanol–water partition coefficient (Wildman–Crippen LogP) is 4.10. The molecule has 0 saturated heterocycles. The standard InChI is InChI=1S/C24H26N4O2/c1-16-19(14-26-17(2)27-16)30-15-24(18-10-6-5-7-11-18)21(23(24,3)4)22(29)28-20-12-8-9-13-25-20/h5-14,21H,15H2,1-4H3,(H,25,28,29). The zero-order valence-electron chi connectivity index (χ0n) is 17.7. The lowest BCUT2D eigenvalue weighted by Crippen LogP contribution is -2.27. The Morgan fingerprint density at radius 1 is 1.07 bits per heavy atom. The second-order valence-electron chi connectivity index (χ2n) is 8.35. The van der Waals surface area contributed by atoms with Crippen molar-refractivity contribution < 1.29 is 9.53 Å². The molecular weight excluding hydrogens is 376 g/mol. The molecular formula is C24H26N4O2. The van der Waals surface area contributed by atoms with Gasteiger partial charge in [-0.25, -0.2) is 15.0 Å². The van der Waals surface area contributed by atoms with E-state index in [2.05, 4.69) is 46.2 Å². The van der Waals surface area contributed by atoms with Gasteiger partial charge in [-0.15, -0.1) is 0 Å². The normalized spacial score (nSPS) is 21.7. The lowest BCUT2D eigenvalue weighted by molar-refractivity contribution is -0.118. The zero-order chi connectivity index (χ0) is 21.4. The largest absolute Gasteiger partial charge is 0.489 e. The van der Waals surface area contributed by atoms with Crippen LogP contribution in [-0.2, 0) is 10.2 Å². The van der Waals surface area contributed by atoms with E-state index in [0.717, 1.165) is 11.3 Å². The summed E-state index contributed by atoms with van der Waals surface area (Å²) in [4.78, 5) is 26.1. The van der Waals surface area contributed by atoms with E-state index < -0.39 is 5.41 Å². The van der Waals surface area contributed by atoms with Gasteiger partial charge in [0.15, 0.2) is 5.75 Å². The predicted molar refractivity (Wildman–Crippen MR) is 115 cm³/mol. The highest BCUT2D eigenvalue weighted by atomic mass is 16.5. The highest BCUT2D eigenvalue weighted by molar-refractivity contribution is 5.96. The minimum Gasteiger partial charge on any atom is -0.489 e. The Labute approximate surface area is 176 Å². The Morgan fingerprint density at radius 2 is 1.80 bits per heavy atom. The lowest BCUT2D eigenvalue weighted by atomic mass is 9.88. The third-order valence-corrected chi connectivity index (χ3v) is 6.26. The third-order valence-electron chi connectivity index (χ3n) is 6.26. The Hall–Kier alpha value is -3.28. The summed E-state index contributed by atoms with van der Waals surface area (Å²) in [5.41, 5.74) is 1.11. The van der Waals surface area contributed by atoms with Crippen LogP contribution < -0.4 is 10.1 Å². The number of nitrogens with one attached hydrogen (secondary N) is 1. The van der Waals surface area contributed by atoms with Gasteiger partial charge in [-0.1, -0.05) is 50.2 Å². The Kier molecular flexibility index (Phi) is 5.02. The first kappa shape index (κ1) is 20.0. The second-order valence-corrected chi connectivity index (χ2v) is 8.35. The van der Waals surface area contributed by atoms with E-state index in [4.69, 9.17) is 4.74 Å². The van der Waals surface area contributed by atoms with Gasteiger partial charge >= 0.3 is 0 Å². The number of amides is 1. The number of carbonyl (C=O) groups is 1. The Bertz CT molecular complexity index is 1050. The smallest absolute Gasteiger partial charge is 0.230 e. The molecule has 1 saturated carbocycles. The summed E-state index contributed by atoms with van der Waals surface area (Å²) in [5, 5.41) is 2.97. The summed E-state index contributed by atoms with van der Waals surface area (Å²) in [5.74, 6) is 1.58. The molecule has 1 N–H and O–H groups in total. The number of aromatic nitrogens is 3. The van der Waals surface area contributed by atoms with Crippen LogP contribution in [0.4, 0.5) is 5.82 Å². The van der Waals surface area contributed by atoms with Gasteiger partial charge in [-0.3, -0.25) is 4.79 Å². The van der Waals surface area contributed by atoms with Crippen LogP contribution in [0.5, 0.6) is 5.75 Å². The molecule has 2 unspecified atom stereocenters. The number of hydrogen-bond acceptors (Lipinski definition) is 5. The average Bonchev–Trinajstić information content (AvgIpc) is 3.24. The van der Waals surface area contributed by atoms with Crippen LogP contribution in [0.15, 0.2) is 60.9 Å². The molecule has 1 aliphatic rings. The zero-order valence-corrected chi connectivity index (χ0v) is 17.7. The van der Waals surface area contributed by atoms with Crippen LogP contribution in [0.3, 0.4) is 0 Å². The van der Waals surface area contributed by atoms with E-state index in [1.54, 1.807) is 18.5 Å².